The molecule has 2 aromatic rings. The molecule has 0 radical (unpaired) electrons. The molecule has 0 bridgehead atoms. The van der Waals surface area contributed by atoms with Gasteiger partial charge in [-0.1, -0.05) is 29.8 Å². The van der Waals surface area contributed by atoms with Crippen LogP contribution in [-0.4, -0.2) is 53.2 Å². The molecule has 0 fully saturated rings. The van der Waals surface area contributed by atoms with E-state index in [1.54, 1.807) is 48.5 Å². The number of anilines is 1. The van der Waals surface area contributed by atoms with Crippen LogP contribution in [0.3, 0.4) is 0 Å². The normalized spacial score (nSPS) is 13.7. The molecule has 0 aliphatic carbocycles. The molecule has 2 aromatic carbocycles. The monoisotopic (exact) mass is 446 g/mol. The lowest BCUT2D eigenvalue weighted by Crippen LogP contribution is -2.46. The van der Waals surface area contributed by atoms with Crippen LogP contribution in [-0.2, 0) is 14.3 Å². The first-order chi connectivity index (χ1) is 14.4. The Kier molecular flexibility index (Phi) is 7.12. The molecule has 0 spiro atoms. The maximum absolute atomic E-state index is 12.7. The molecule has 0 aromatic heterocycles. The van der Waals surface area contributed by atoms with Gasteiger partial charge >= 0.3 is 5.97 Å². The van der Waals surface area contributed by atoms with E-state index < -0.39 is 36.3 Å². The van der Waals surface area contributed by atoms with E-state index >= 15 is 0 Å². The maximum Gasteiger partial charge on any atom is 0.329 e. The first-order valence-corrected chi connectivity index (χ1v) is 10.9. The Morgan fingerprint density at radius 2 is 1.77 bits per heavy atom. The number of rotatable bonds is 8. The van der Waals surface area contributed by atoms with Crippen LogP contribution in [0.4, 0.5) is 5.69 Å². The number of benzene rings is 2. The van der Waals surface area contributed by atoms with Crippen LogP contribution in [0.15, 0.2) is 48.5 Å². The minimum absolute atomic E-state index is 0.224. The van der Waals surface area contributed by atoms with Gasteiger partial charge < -0.3 is 10.1 Å². The van der Waals surface area contributed by atoms with Crippen molar-refractivity contribution < 1.29 is 23.9 Å². The Labute approximate surface area is 182 Å². The highest BCUT2D eigenvalue weighted by Gasteiger charge is 2.43. The molecule has 156 valence electrons. The van der Waals surface area contributed by atoms with Crippen molar-refractivity contribution in [2.75, 3.05) is 23.9 Å². The van der Waals surface area contributed by atoms with Crippen LogP contribution >= 0.6 is 23.4 Å². The standard InChI is InChI=1S/C21H19ClN2O5S/c1-30-10-9-17(24-19(26)15-7-2-3-8-16(15)20(24)27)21(28)29-12-18(25)23-14-6-4-5-13(22)11-14/h2-8,11,17H,9-10,12H2,1H3,(H,23,25). The van der Waals surface area contributed by atoms with Crippen LogP contribution in [0.2, 0.25) is 5.02 Å². The average Bonchev–Trinajstić information content (AvgIpc) is 2.98. The predicted molar refractivity (Wildman–Crippen MR) is 115 cm³/mol. The second kappa shape index (κ2) is 9.77. The van der Waals surface area contributed by atoms with Crippen molar-refractivity contribution in [3.05, 3.63) is 64.7 Å². The lowest BCUT2D eigenvalue weighted by atomic mass is 10.1. The number of amides is 3. The van der Waals surface area contributed by atoms with Crippen molar-refractivity contribution in [3.63, 3.8) is 0 Å². The second-order valence-corrected chi connectivity index (χ2v) is 7.91. The summed E-state index contributed by atoms with van der Waals surface area (Å²) >= 11 is 7.35. The van der Waals surface area contributed by atoms with Gasteiger partial charge in [0.05, 0.1) is 11.1 Å². The zero-order valence-electron chi connectivity index (χ0n) is 16.1. The third-order valence-corrected chi connectivity index (χ3v) is 5.34. The zero-order chi connectivity index (χ0) is 21.7. The van der Waals surface area contributed by atoms with Crippen molar-refractivity contribution in [2.24, 2.45) is 0 Å². The van der Waals surface area contributed by atoms with Crippen molar-refractivity contribution in [3.8, 4) is 0 Å². The van der Waals surface area contributed by atoms with Gasteiger partial charge in [0.1, 0.15) is 6.04 Å². The fourth-order valence-electron chi connectivity index (χ4n) is 3.07. The van der Waals surface area contributed by atoms with Gasteiger partial charge in [-0.25, -0.2) is 4.79 Å². The Morgan fingerprint density at radius 1 is 1.10 bits per heavy atom. The van der Waals surface area contributed by atoms with Crippen LogP contribution < -0.4 is 5.32 Å². The number of halogens is 1. The quantitative estimate of drug-likeness (QED) is 0.494. The van der Waals surface area contributed by atoms with E-state index in [2.05, 4.69) is 5.32 Å². The van der Waals surface area contributed by atoms with Crippen LogP contribution in [0, 0.1) is 0 Å². The topological polar surface area (TPSA) is 92.8 Å². The molecule has 30 heavy (non-hydrogen) atoms. The van der Waals surface area contributed by atoms with Gasteiger partial charge in [-0.2, -0.15) is 11.8 Å². The average molecular weight is 447 g/mol. The lowest BCUT2D eigenvalue weighted by molar-refractivity contribution is -0.151. The molecule has 9 heteroatoms. The number of thioether (sulfide) groups is 1. The zero-order valence-corrected chi connectivity index (χ0v) is 17.7. The third kappa shape index (κ3) is 4.83. The minimum Gasteiger partial charge on any atom is -0.454 e. The SMILES string of the molecule is CSCCC(C(=O)OCC(=O)Nc1cccc(Cl)c1)N1C(=O)c2ccccc2C1=O. The summed E-state index contributed by atoms with van der Waals surface area (Å²) in [4.78, 5) is 51.2. The highest BCUT2D eigenvalue weighted by molar-refractivity contribution is 7.98. The van der Waals surface area contributed by atoms with Crippen LogP contribution in [0.25, 0.3) is 0 Å². The highest BCUT2D eigenvalue weighted by Crippen LogP contribution is 2.26. The van der Waals surface area contributed by atoms with Crippen molar-refractivity contribution >= 4 is 52.7 Å². The Hall–Kier alpha value is -2.84. The molecule has 1 atom stereocenters. The first kappa shape index (κ1) is 21.9. The molecule has 0 saturated heterocycles. The van der Waals surface area contributed by atoms with E-state index in [-0.39, 0.29) is 17.5 Å². The molecule has 1 unspecified atom stereocenters. The molecular formula is C21H19ClN2O5S. The van der Waals surface area contributed by atoms with Gasteiger partial charge in [-0.3, -0.25) is 19.3 Å². The third-order valence-electron chi connectivity index (χ3n) is 4.46. The first-order valence-electron chi connectivity index (χ1n) is 9.10. The summed E-state index contributed by atoms with van der Waals surface area (Å²) in [6.07, 6.45) is 2.07. The number of hydrogen-bond donors (Lipinski definition) is 1. The summed E-state index contributed by atoms with van der Waals surface area (Å²) < 4.78 is 5.13. The molecular weight excluding hydrogens is 428 g/mol. The van der Waals surface area contributed by atoms with Gasteiger partial charge in [0.15, 0.2) is 6.61 Å². The number of ether oxygens (including phenoxy) is 1. The Balaban J connectivity index is 1.68. The van der Waals surface area contributed by atoms with E-state index in [1.165, 1.54) is 11.8 Å². The largest absolute Gasteiger partial charge is 0.454 e. The van der Waals surface area contributed by atoms with Crippen LogP contribution in [0.5, 0.6) is 0 Å². The number of nitrogens with one attached hydrogen (secondary N) is 1. The van der Waals surface area contributed by atoms with Crippen molar-refractivity contribution in [1.29, 1.82) is 0 Å². The summed E-state index contributed by atoms with van der Waals surface area (Å²) in [7, 11) is 0. The smallest absolute Gasteiger partial charge is 0.329 e. The molecule has 0 saturated carbocycles. The number of carbonyl (C=O) groups is 4. The van der Waals surface area contributed by atoms with Gasteiger partial charge in [0.25, 0.3) is 17.7 Å². The molecule has 1 N–H and O–H groups in total. The maximum atomic E-state index is 12.7. The number of fused-ring (bicyclic) bond motifs is 1. The minimum atomic E-state index is -1.11. The Morgan fingerprint density at radius 3 is 2.37 bits per heavy atom. The van der Waals surface area contributed by atoms with Crippen molar-refractivity contribution in [1.82, 2.24) is 4.90 Å². The van der Waals surface area contributed by atoms with Crippen molar-refractivity contribution in [2.45, 2.75) is 12.5 Å². The van der Waals surface area contributed by atoms with E-state index in [1.807, 2.05) is 6.26 Å². The molecule has 3 rings (SSSR count). The summed E-state index contributed by atoms with van der Waals surface area (Å²) in [5.74, 6) is -1.91. The molecule has 1 aliphatic heterocycles. The number of imide groups is 1. The fraction of sp³-hybridized carbons (Fsp3) is 0.238. The highest BCUT2D eigenvalue weighted by atomic mass is 35.5. The predicted octanol–water partition coefficient (Wildman–Crippen LogP) is 3.24. The molecule has 3 amide bonds. The van der Waals surface area contributed by atoms with Gasteiger partial charge in [0.2, 0.25) is 0 Å². The van der Waals surface area contributed by atoms with Crippen LogP contribution in [0.1, 0.15) is 27.1 Å². The lowest BCUT2D eigenvalue weighted by Gasteiger charge is -2.24. The Bertz CT molecular complexity index is 962. The summed E-state index contributed by atoms with van der Waals surface area (Å²) in [6, 6.07) is 11.8. The number of esters is 1. The van der Waals surface area contributed by atoms with Gasteiger partial charge in [0, 0.05) is 10.7 Å². The fourth-order valence-corrected chi connectivity index (χ4v) is 3.72. The summed E-state index contributed by atoms with van der Waals surface area (Å²) in [5.41, 5.74) is 0.967. The molecule has 1 aliphatic rings. The summed E-state index contributed by atoms with van der Waals surface area (Å²) in [5, 5.41) is 3.02. The van der Waals surface area contributed by atoms with Gasteiger partial charge in [-0.15, -0.1) is 0 Å². The summed E-state index contributed by atoms with van der Waals surface area (Å²) in [6.45, 7) is -0.551. The second-order valence-electron chi connectivity index (χ2n) is 6.49. The molecule has 7 nitrogen and oxygen atoms in total. The van der Waals surface area contributed by atoms with E-state index in [4.69, 9.17) is 16.3 Å². The van der Waals surface area contributed by atoms with E-state index in [0.717, 1.165) is 4.90 Å². The van der Waals surface area contributed by atoms with E-state index in [0.29, 0.717) is 16.5 Å². The number of nitrogens with zero attached hydrogens (tertiary/aromatic N) is 1. The molecule has 1 heterocycles. The van der Waals surface area contributed by atoms with Gasteiger partial charge in [-0.05, 0) is 48.8 Å². The number of hydrogen-bond acceptors (Lipinski definition) is 6. The number of carbonyl (C=O) groups excluding carboxylic acids is 4. The van der Waals surface area contributed by atoms with E-state index in [9.17, 15) is 19.2 Å².